The molecule has 2 rings (SSSR count). The molecule has 6 heteroatoms. The van der Waals surface area contributed by atoms with Crippen LogP contribution in [0.4, 0.5) is 0 Å². The highest BCUT2D eigenvalue weighted by atomic mass is 79.9. The SMILES string of the molecule is O=S(=O)(Cl)Cc1ccc(CN2CCCC2)c(Br)c1. The maximum Gasteiger partial charge on any atom is 0.236 e. The van der Waals surface area contributed by atoms with Gasteiger partial charge in [-0.05, 0) is 43.1 Å². The summed E-state index contributed by atoms with van der Waals surface area (Å²) in [6, 6.07) is 5.64. The minimum Gasteiger partial charge on any atom is -0.299 e. The molecule has 0 bridgehead atoms. The van der Waals surface area contributed by atoms with Gasteiger partial charge in [-0.1, -0.05) is 28.1 Å². The van der Waals surface area contributed by atoms with E-state index in [1.807, 2.05) is 18.2 Å². The molecule has 1 saturated heterocycles. The lowest BCUT2D eigenvalue weighted by Crippen LogP contribution is -2.18. The van der Waals surface area contributed by atoms with Gasteiger partial charge in [0.25, 0.3) is 0 Å². The predicted octanol–water partition coefficient (Wildman–Crippen LogP) is 3.11. The Morgan fingerprint density at radius 3 is 2.50 bits per heavy atom. The molecule has 0 saturated carbocycles. The van der Waals surface area contributed by atoms with Crippen LogP contribution in [0.15, 0.2) is 22.7 Å². The summed E-state index contributed by atoms with van der Waals surface area (Å²) in [6.45, 7) is 3.20. The summed E-state index contributed by atoms with van der Waals surface area (Å²) >= 11 is 3.50. The standard InChI is InChI=1S/C12H15BrClNO2S/c13-12-7-10(9-18(14,16)17)3-4-11(12)8-15-5-1-2-6-15/h3-4,7H,1-2,5-6,8-9H2. The number of likely N-dealkylation sites (tertiary alicyclic amines) is 1. The van der Waals surface area contributed by atoms with Gasteiger partial charge in [-0.15, -0.1) is 0 Å². The molecular weight excluding hydrogens is 338 g/mol. The van der Waals surface area contributed by atoms with E-state index < -0.39 is 9.05 Å². The Labute approximate surface area is 121 Å². The molecule has 1 aromatic rings. The lowest BCUT2D eigenvalue weighted by Gasteiger charge is -2.16. The third-order valence-corrected chi connectivity index (χ3v) is 4.79. The number of rotatable bonds is 4. The first-order valence-corrected chi connectivity index (χ1v) is 9.13. The predicted molar refractivity (Wildman–Crippen MR) is 77.1 cm³/mol. The third kappa shape index (κ3) is 4.23. The molecule has 0 amide bonds. The monoisotopic (exact) mass is 351 g/mol. The highest BCUT2D eigenvalue weighted by molar-refractivity contribution is 9.10. The van der Waals surface area contributed by atoms with Gasteiger partial charge in [-0.25, -0.2) is 8.42 Å². The minimum atomic E-state index is -3.49. The van der Waals surface area contributed by atoms with Gasteiger partial charge in [-0.3, -0.25) is 4.90 Å². The van der Waals surface area contributed by atoms with E-state index in [9.17, 15) is 8.42 Å². The summed E-state index contributed by atoms with van der Waals surface area (Å²) in [5, 5.41) is 0. The maximum absolute atomic E-state index is 11.0. The summed E-state index contributed by atoms with van der Waals surface area (Å²) in [5.41, 5.74) is 1.90. The average molecular weight is 353 g/mol. The maximum atomic E-state index is 11.0. The van der Waals surface area contributed by atoms with Gasteiger partial charge in [0.15, 0.2) is 0 Å². The van der Waals surface area contributed by atoms with Crippen molar-refractivity contribution in [2.24, 2.45) is 0 Å². The Bertz CT molecular complexity index is 527. The fourth-order valence-electron chi connectivity index (χ4n) is 2.19. The molecule has 0 N–H and O–H groups in total. The second kappa shape index (κ2) is 5.90. The fourth-order valence-corrected chi connectivity index (χ4v) is 3.70. The Morgan fingerprint density at radius 1 is 1.28 bits per heavy atom. The van der Waals surface area contributed by atoms with Crippen LogP contribution in [0.3, 0.4) is 0 Å². The highest BCUT2D eigenvalue weighted by Crippen LogP contribution is 2.23. The first kappa shape index (κ1) is 14.3. The molecule has 0 unspecified atom stereocenters. The average Bonchev–Trinajstić information content (AvgIpc) is 2.72. The number of halogens is 2. The molecule has 1 aliphatic rings. The summed E-state index contributed by atoms with van der Waals surface area (Å²) in [6.07, 6.45) is 2.53. The topological polar surface area (TPSA) is 37.4 Å². The Morgan fingerprint density at radius 2 is 1.94 bits per heavy atom. The molecule has 1 aromatic carbocycles. The van der Waals surface area contributed by atoms with Crippen molar-refractivity contribution in [3.63, 3.8) is 0 Å². The van der Waals surface area contributed by atoms with Crippen LogP contribution in [0.1, 0.15) is 24.0 Å². The third-order valence-electron chi connectivity index (χ3n) is 3.05. The molecule has 1 aliphatic heterocycles. The van der Waals surface area contributed by atoms with Gasteiger partial charge in [0, 0.05) is 21.7 Å². The lowest BCUT2D eigenvalue weighted by atomic mass is 10.1. The molecule has 0 aliphatic carbocycles. The van der Waals surface area contributed by atoms with Crippen molar-refractivity contribution in [2.75, 3.05) is 13.1 Å². The summed E-state index contributed by atoms with van der Waals surface area (Å²) in [7, 11) is 1.76. The first-order valence-electron chi connectivity index (χ1n) is 5.86. The van der Waals surface area contributed by atoms with Crippen LogP contribution in [-0.2, 0) is 21.3 Å². The number of hydrogen-bond donors (Lipinski definition) is 0. The molecule has 1 fully saturated rings. The fraction of sp³-hybridized carbons (Fsp3) is 0.500. The molecule has 0 aromatic heterocycles. The zero-order chi connectivity index (χ0) is 13.2. The Kier molecular flexibility index (Phi) is 4.69. The quantitative estimate of drug-likeness (QED) is 0.781. The van der Waals surface area contributed by atoms with Crippen LogP contribution in [0.25, 0.3) is 0 Å². The molecule has 1 heterocycles. The second-order valence-electron chi connectivity index (χ2n) is 4.59. The van der Waals surface area contributed by atoms with Crippen LogP contribution < -0.4 is 0 Å². The van der Waals surface area contributed by atoms with Crippen LogP contribution >= 0.6 is 26.6 Å². The zero-order valence-corrected chi connectivity index (χ0v) is 13.1. The zero-order valence-electron chi connectivity index (χ0n) is 9.90. The highest BCUT2D eigenvalue weighted by Gasteiger charge is 2.14. The number of benzene rings is 1. The van der Waals surface area contributed by atoms with Gasteiger partial charge in [-0.2, -0.15) is 0 Å². The van der Waals surface area contributed by atoms with Gasteiger partial charge in [0.1, 0.15) is 0 Å². The van der Waals surface area contributed by atoms with Gasteiger partial charge >= 0.3 is 0 Å². The van der Waals surface area contributed by atoms with Crippen LogP contribution in [0.2, 0.25) is 0 Å². The largest absolute Gasteiger partial charge is 0.299 e. The van der Waals surface area contributed by atoms with Crippen molar-refractivity contribution in [1.29, 1.82) is 0 Å². The number of hydrogen-bond acceptors (Lipinski definition) is 3. The van der Waals surface area contributed by atoms with Gasteiger partial charge < -0.3 is 0 Å². The van der Waals surface area contributed by atoms with E-state index in [-0.39, 0.29) is 5.75 Å². The second-order valence-corrected chi connectivity index (χ2v) is 8.22. The molecule has 0 atom stereocenters. The van der Waals surface area contributed by atoms with Crippen molar-refractivity contribution in [2.45, 2.75) is 25.1 Å². The van der Waals surface area contributed by atoms with E-state index in [1.54, 1.807) is 0 Å². The molecule has 100 valence electrons. The molecule has 0 spiro atoms. The lowest BCUT2D eigenvalue weighted by molar-refractivity contribution is 0.331. The van der Waals surface area contributed by atoms with E-state index in [1.165, 1.54) is 18.4 Å². The van der Waals surface area contributed by atoms with E-state index in [2.05, 4.69) is 20.8 Å². The van der Waals surface area contributed by atoms with Gasteiger partial charge in [0.2, 0.25) is 9.05 Å². The van der Waals surface area contributed by atoms with E-state index in [4.69, 9.17) is 10.7 Å². The number of nitrogens with zero attached hydrogens (tertiary/aromatic N) is 1. The van der Waals surface area contributed by atoms with Gasteiger partial charge in [0.05, 0.1) is 5.75 Å². The van der Waals surface area contributed by atoms with Crippen LogP contribution in [0, 0.1) is 0 Å². The van der Waals surface area contributed by atoms with E-state index in [0.29, 0.717) is 5.56 Å². The Balaban J connectivity index is 2.09. The summed E-state index contributed by atoms with van der Waals surface area (Å²) in [4.78, 5) is 2.40. The molecular formula is C12H15BrClNO2S. The smallest absolute Gasteiger partial charge is 0.236 e. The molecule has 3 nitrogen and oxygen atoms in total. The molecule has 0 radical (unpaired) electrons. The van der Waals surface area contributed by atoms with Crippen molar-refractivity contribution in [3.8, 4) is 0 Å². The molecule has 18 heavy (non-hydrogen) atoms. The Hall–Kier alpha value is -0.100. The normalized spacial score (nSPS) is 17.2. The summed E-state index contributed by atoms with van der Waals surface area (Å²) < 4.78 is 23.0. The van der Waals surface area contributed by atoms with Crippen molar-refractivity contribution in [1.82, 2.24) is 4.90 Å². The van der Waals surface area contributed by atoms with Crippen molar-refractivity contribution < 1.29 is 8.42 Å². The van der Waals surface area contributed by atoms with E-state index >= 15 is 0 Å². The van der Waals surface area contributed by atoms with Crippen LogP contribution in [0.5, 0.6) is 0 Å². The van der Waals surface area contributed by atoms with E-state index in [0.717, 1.165) is 24.1 Å². The van der Waals surface area contributed by atoms with Crippen molar-refractivity contribution >= 4 is 35.7 Å². The van der Waals surface area contributed by atoms with Crippen molar-refractivity contribution in [3.05, 3.63) is 33.8 Å². The van der Waals surface area contributed by atoms with Crippen LogP contribution in [-0.4, -0.2) is 26.4 Å². The summed E-state index contributed by atoms with van der Waals surface area (Å²) in [5.74, 6) is -0.128. The first-order chi connectivity index (χ1) is 8.44. The minimum absolute atomic E-state index is 0.128.